The number of nitrogens with one attached hydrogen (secondary N) is 1. The van der Waals surface area contributed by atoms with Crippen molar-refractivity contribution < 1.29 is 14.3 Å². The van der Waals surface area contributed by atoms with Crippen molar-refractivity contribution in [1.82, 2.24) is 10.2 Å². The van der Waals surface area contributed by atoms with Gasteiger partial charge in [-0.05, 0) is 30.2 Å². The Labute approximate surface area is 176 Å². The summed E-state index contributed by atoms with van der Waals surface area (Å²) in [7, 11) is 1.38. The number of esters is 1. The number of hydrogen-bond donors (Lipinski definition) is 2. The Balaban J connectivity index is 1.76. The van der Waals surface area contributed by atoms with E-state index in [0.717, 1.165) is 38.0 Å². The molecule has 0 aliphatic carbocycles. The number of halogens is 1. The van der Waals surface area contributed by atoms with Gasteiger partial charge in [-0.1, -0.05) is 22.0 Å². The van der Waals surface area contributed by atoms with Crippen LogP contribution in [0, 0.1) is 0 Å². The number of methoxy groups -OCH3 is 1. The van der Waals surface area contributed by atoms with Gasteiger partial charge in [0.1, 0.15) is 0 Å². The predicted octanol–water partition coefficient (Wildman–Crippen LogP) is 3.48. The Morgan fingerprint density at radius 1 is 1.39 bits per heavy atom. The fourth-order valence-corrected chi connectivity index (χ4v) is 4.98. The van der Waals surface area contributed by atoms with Crippen molar-refractivity contribution in [2.75, 3.05) is 26.7 Å². The molecule has 1 aromatic heterocycles. The molecule has 3 rings (SSSR count). The predicted molar refractivity (Wildman–Crippen MR) is 116 cm³/mol. The first-order valence-corrected chi connectivity index (χ1v) is 10.5. The molecule has 0 fully saturated rings. The summed E-state index contributed by atoms with van der Waals surface area (Å²) in [6.45, 7) is 1.89. The number of carbonyl (C=O) groups excluding carboxylic acids is 2. The summed E-state index contributed by atoms with van der Waals surface area (Å²) in [4.78, 5) is 27.3. The Hall–Kier alpha value is -2.32. The minimum Gasteiger partial charge on any atom is -0.465 e. The highest BCUT2D eigenvalue weighted by Crippen LogP contribution is 2.37. The van der Waals surface area contributed by atoms with Crippen molar-refractivity contribution in [3.63, 3.8) is 0 Å². The molecule has 2 heterocycles. The zero-order valence-corrected chi connectivity index (χ0v) is 17.9. The number of amides is 1. The van der Waals surface area contributed by atoms with E-state index in [2.05, 4.69) is 33.4 Å². The summed E-state index contributed by atoms with van der Waals surface area (Å²) >= 11 is 5.17. The monoisotopic (exact) mass is 463 g/mol. The number of carbonyl (C=O) groups is 2. The van der Waals surface area contributed by atoms with E-state index in [1.165, 1.54) is 13.3 Å². The minimum absolute atomic E-state index is 0.124. The summed E-state index contributed by atoms with van der Waals surface area (Å²) in [5.74, 6) is -0.233. The minimum atomic E-state index is -0.357. The summed E-state index contributed by atoms with van der Waals surface area (Å²) in [6.07, 6.45) is 6.50. The summed E-state index contributed by atoms with van der Waals surface area (Å²) in [6, 6.07) is 5.74. The molecule has 28 heavy (non-hydrogen) atoms. The van der Waals surface area contributed by atoms with Crippen molar-refractivity contribution in [2.24, 2.45) is 5.73 Å². The van der Waals surface area contributed by atoms with Gasteiger partial charge < -0.3 is 20.7 Å². The highest BCUT2D eigenvalue weighted by atomic mass is 79.9. The molecule has 0 radical (unpaired) electrons. The van der Waals surface area contributed by atoms with Crippen LogP contribution in [0.5, 0.6) is 0 Å². The lowest BCUT2D eigenvalue weighted by Crippen LogP contribution is -2.36. The van der Waals surface area contributed by atoms with Gasteiger partial charge in [-0.15, -0.1) is 11.3 Å². The number of rotatable bonds is 6. The van der Waals surface area contributed by atoms with E-state index in [9.17, 15) is 9.59 Å². The average molecular weight is 464 g/mol. The average Bonchev–Trinajstić information content (AvgIpc) is 3.15. The number of hydrogen-bond acceptors (Lipinski definition) is 6. The van der Waals surface area contributed by atoms with E-state index in [1.807, 2.05) is 11.0 Å². The van der Waals surface area contributed by atoms with E-state index >= 15 is 0 Å². The Morgan fingerprint density at radius 2 is 2.21 bits per heavy atom. The van der Waals surface area contributed by atoms with E-state index in [-0.39, 0.29) is 11.9 Å². The second-order valence-electron chi connectivity index (χ2n) is 6.37. The second-order valence-corrected chi connectivity index (χ2v) is 8.31. The van der Waals surface area contributed by atoms with Gasteiger partial charge in [-0.2, -0.15) is 0 Å². The first-order valence-electron chi connectivity index (χ1n) is 8.92. The molecule has 1 amide bonds. The van der Waals surface area contributed by atoms with Gasteiger partial charge in [0.15, 0.2) is 0 Å². The molecular weight excluding hydrogens is 442 g/mol. The van der Waals surface area contributed by atoms with Crippen molar-refractivity contribution >= 4 is 54.8 Å². The van der Waals surface area contributed by atoms with Gasteiger partial charge >= 0.3 is 5.97 Å². The first kappa shape index (κ1) is 20.4. The molecule has 3 N–H and O–H groups in total. The molecule has 148 valence electrons. The maximum atomic E-state index is 12.5. The van der Waals surface area contributed by atoms with Gasteiger partial charge in [-0.25, -0.2) is 4.79 Å². The van der Waals surface area contributed by atoms with E-state index in [4.69, 9.17) is 10.5 Å². The molecule has 1 aromatic carbocycles. The molecule has 0 atom stereocenters. The van der Waals surface area contributed by atoms with Crippen molar-refractivity contribution in [2.45, 2.75) is 12.8 Å². The third kappa shape index (κ3) is 4.56. The van der Waals surface area contributed by atoms with Crippen LogP contribution in [0.1, 0.15) is 28.1 Å². The van der Waals surface area contributed by atoms with Crippen LogP contribution in [0.3, 0.4) is 0 Å². The smallest absolute Gasteiger partial charge is 0.337 e. The van der Waals surface area contributed by atoms with E-state index in [1.54, 1.807) is 23.6 Å². The molecule has 1 aliphatic rings. The van der Waals surface area contributed by atoms with Gasteiger partial charge in [0.05, 0.1) is 12.7 Å². The van der Waals surface area contributed by atoms with Gasteiger partial charge in [0, 0.05) is 57.9 Å². The van der Waals surface area contributed by atoms with Crippen LogP contribution in [0.15, 0.2) is 41.1 Å². The zero-order chi connectivity index (χ0) is 20.1. The summed E-state index contributed by atoms with van der Waals surface area (Å²) in [5.41, 5.74) is 6.93. The lowest BCUT2D eigenvalue weighted by Gasteiger charge is -2.27. The summed E-state index contributed by atoms with van der Waals surface area (Å²) < 4.78 is 6.69. The number of nitrogens with zero attached hydrogens (tertiary/aromatic N) is 1. The number of nitrogens with two attached hydrogens (primary N) is 1. The van der Waals surface area contributed by atoms with Crippen molar-refractivity contribution in [3.8, 4) is 0 Å². The first-order chi connectivity index (χ1) is 13.5. The van der Waals surface area contributed by atoms with Crippen LogP contribution >= 0.6 is 27.3 Å². The molecule has 8 heteroatoms. The van der Waals surface area contributed by atoms with Gasteiger partial charge in [0.25, 0.3) is 0 Å². The normalized spacial score (nSPS) is 14.4. The van der Waals surface area contributed by atoms with Crippen molar-refractivity contribution in [1.29, 1.82) is 0 Å². The van der Waals surface area contributed by atoms with Crippen molar-refractivity contribution in [3.05, 3.63) is 51.6 Å². The molecular formula is C20H22BrN3O3S. The summed E-state index contributed by atoms with van der Waals surface area (Å²) in [5, 5.41) is 4.03. The molecule has 0 unspecified atom stereocenters. The van der Waals surface area contributed by atoms with E-state index in [0.29, 0.717) is 25.1 Å². The lowest BCUT2D eigenvalue weighted by atomic mass is 10.1. The number of thiophene rings is 1. The quantitative estimate of drug-likeness (QED) is 0.505. The Bertz CT molecular complexity index is 952. The SMILES string of the molecule is COC(=O)c1cc(Br)c2cc(C3=CCCN(C(=O)CCN/C=C\N)C3)sc2c1. The van der Waals surface area contributed by atoms with Crippen LogP contribution in [0.2, 0.25) is 0 Å². The Morgan fingerprint density at radius 3 is 2.96 bits per heavy atom. The third-order valence-electron chi connectivity index (χ3n) is 4.53. The number of fused-ring (bicyclic) bond motifs is 1. The maximum absolute atomic E-state index is 12.5. The highest BCUT2D eigenvalue weighted by molar-refractivity contribution is 9.10. The fourth-order valence-electron chi connectivity index (χ4n) is 3.11. The largest absolute Gasteiger partial charge is 0.465 e. The molecule has 2 aromatic rings. The standard InChI is InChI=1S/C20H22BrN3O3S/c1-27-20(26)14-9-16(21)15-11-17(28-18(15)10-14)13-3-2-8-24(12-13)19(25)4-6-23-7-5-22/h3,5,7,9-11,23H,2,4,6,8,12,22H2,1H3/b7-5-. The van der Waals surface area contributed by atoms with E-state index < -0.39 is 0 Å². The van der Waals surface area contributed by atoms with Crippen LogP contribution < -0.4 is 11.1 Å². The maximum Gasteiger partial charge on any atom is 0.337 e. The van der Waals surface area contributed by atoms with Crippen LogP contribution in [-0.2, 0) is 9.53 Å². The van der Waals surface area contributed by atoms with Crippen LogP contribution in [-0.4, -0.2) is 43.5 Å². The second kappa shape index (κ2) is 9.25. The zero-order valence-electron chi connectivity index (χ0n) is 15.5. The van der Waals surface area contributed by atoms with Gasteiger partial charge in [0.2, 0.25) is 5.91 Å². The number of benzene rings is 1. The molecule has 0 bridgehead atoms. The Kier molecular flexibility index (Phi) is 6.74. The molecule has 0 spiro atoms. The third-order valence-corrected chi connectivity index (χ3v) is 6.34. The highest BCUT2D eigenvalue weighted by Gasteiger charge is 2.20. The van der Waals surface area contributed by atoms with Gasteiger partial charge in [-0.3, -0.25) is 4.79 Å². The van der Waals surface area contributed by atoms with Crippen LogP contribution in [0.4, 0.5) is 0 Å². The molecule has 1 aliphatic heterocycles. The molecule has 0 saturated heterocycles. The van der Waals surface area contributed by atoms with Crippen LogP contribution in [0.25, 0.3) is 15.7 Å². The lowest BCUT2D eigenvalue weighted by molar-refractivity contribution is -0.130. The fraction of sp³-hybridized carbons (Fsp3) is 0.300. The number of ether oxygens (including phenoxy) is 1. The molecule has 0 saturated carbocycles. The topological polar surface area (TPSA) is 84.7 Å². The molecule has 6 nitrogen and oxygen atoms in total.